The number of rotatable bonds is 3. The molecule has 4 aliphatic rings. The van der Waals surface area contributed by atoms with Crippen LogP contribution < -0.4 is 5.73 Å². The molecule has 4 rings (SSSR count). The molecule has 0 aromatic carbocycles. The highest BCUT2D eigenvalue weighted by Crippen LogP contribution is 2.67. The van der Waals surface area contributed by atoms with Gasteiger partial charge in [0.1, 0.15) is 12.4 Å². The minimum Gasteiger partial charge on any atom is -0.394 e. The van der Waals surface area contributed by atoms with Gasteiger partial charge in [-0.15, -0.1) is 0 Å². The minimum atomic E-state index is -0.931. The highest BCUT2D eigenvalue weighted by molar-refractivity contribution is 5.88. The third-order valence-electron chi connectivity index (χ3n) is 8.90. The van der Waals surface area contributed by atoms with E-state index in [0.717, 1.165) is 56.2 Å². The second kappa shape index (κ2) is 6.66. The molecular weight excluding hydrogens is 352 g/mol. The molecule has 0 spiro atoms. The minimum absolute atomic E-state index is 0.0580. The van der Waals surface area contributed by atoms with Crippen LogP contribution in [0.5, 0.6) is 0 Å². The predicted octanol–water partition coefficient (Wildman–Crippen LogP) is 3.60. The smallest absolute Gasteiger partial charge is 0.139 e. The van der Waals surface area contributed by atoms with Gasteiger partial charge in [0.25, 0.3) is 0 Å². The molecule has 0 aromatic rings. The number of aliphatic hydroxyl groups is 1. The van der Waals surface area contributed by atoms with Crippen molar-refractivity contribution in [3.8, 4) is 0 Å². The summed E-state index contributed by atoms with van der Waals surface area (Å²) < 4.78 is 0. The Balaban J connectivity index is 1.60. The van der Waals surface area contributed by atoms with E-state index < -0.39 is 5.60 Å². The lowest BCUT2D eigenvalue weighted by atomic mass is 9.43. The van der Waals surface area contributed by atoms with Crippen molar-refractivity contribution in [2.45, 2.75) is 83.8 Å². The number of hydrogen-bond donors (Lipinski definition) is 2. The quantitative estimate of drug-likeness (QED) is 0.571. The van der Waals surface area contributed by atoms with E-state index in [4.69, 9.17) is 10.6 Å². The number of fused-ring (bicyclic) bond motifs is 5. The summed E-state index contributed by atoms with van der Waals surface area (Å²) in [5, 5.41) is 16.2. The third-order valence-corrected chi connectivity index (χ3v) is 8.90. The molecule has 0 bridgehead atoms. The number of carbonyl (C=O) groups is 1. The first-order chi connectivity index (χ1) is 13.1. The predicted molar refractivity (Wildman–Crippen MR) is 110 cm³/mol. The summed E-state index contributed by atoms with van der Waals surface area (Å²) in [4.78, 5) is 18.0. The number of Topliss-reactive ketones (excluding diaryl/α,β-unsaturated/α-hetero) is 1. The van der Waals surface area contributed by atoms with Crippen molar-refractivity contribution in [1.29, 1.82) is 0 Å². The molecule has 4 aliphatic carbocycles. The molecule has 0 saturated heterocycles. The van der Waals surface area contributed by atoms with Crippen molar-refractivity contribution in [2.75, 3.05) is 6.61 Å². The van der Waals surface area contributed by atoms with Crippen LogP contribution in [0, 0.1) is 28.6 Å². The average molecular weight is 389 g/mol. The van der Waals surface area contributed by atoms with Gasteiger partial charge in [-0.3, -0.25) is 4.79 Å². The summed E-state index contributed by atoms with van der Waals surface area (Å²) >= 11 is 0. The largest absolute Gasteiger partial charge is 0.394 e. The summed E-state index contributed by atoms with van der Waals surface area (Å²) in [5.41, 5.74) is 6.29. The number of nitrogens with two attached hydrogens (primary N) is 1. The first-order valence-electron chi connectivity index (χ1n) is 11.0. The Morgan fingerprint density at radius 3 is 2.75 bits per heavy atom. The molecule has 0 amide bonds. The van der Waals surface area contributed by atoms with Crippen molar-refractivity contribution in [3.63, 3.8) is 0 Å². The first kappa shape index (κ1) is 20.1. The standard InChI is InChI=1S/C23H36N2O3/c1-14-11-17-18-5-6-20(26)21(18,3)9-8-19(17)22(4)10-7-16(12-23(14,22)27)25-28-13-15(2)24/h15,17-19,27H,1,5-13,24H2,2-4H3/t15?,17-,18-,19+,21-,22+,23-/m0/s1. The molecule has 3 N–H and O–H groups in total. The molecule has 4 saturated carbocycles. The molecule has 156 valence electrons. The Morgan fingerprint density at radius 2 is 2.04 bits per heavy atom. The van der Waals surface area contributed by atoms with Crippen molar-refractivity contribution in [2.24, 2.45) is 39.5 Å². The van der Waals surface area contributed by atoms with Gasteiger partial charge in [0.05, 0.1) is 11.3 Å². The third kappa shape index (κ3) is 2.72. The van der Waals surface area contributed by atoms with Gasteiger partial charge in [0.15, 0.2) is 0 Å². The number of nitrogens with zero attached hydrogens (tertiary/aromatic N) is 1. The summed E-state index contributed by atoms with van der Waals surface area (Å²) in [6.07, 6.45) is 6.80. The molecule has 1 unspecified atom stereocenters. The molecule has 28 heavy (non-hydrogen) atoms. The number of ketones is 1. The molecule has 4 fully saturated rings. The van der Waals surface area contributed by atoms with E-state index in [-0.39, 0.29) is 16.9 Å². The van der Waals surface area contributed by atoms with Gasteiger partial charge in [0.2, 0.25) is 0 Å². The van der Waals surface area contributed by atoms with E-state index in [2.05, 4.69) is 25.6 Å². The van der Waals surface area contributed by atoms with E-state index >= 15 is 0 Å². The zero-order valence-electron chi connectivity index (χ0n) is 17.7. The maximum atomic E-state index is 12.6. The van der Waals surface area contributed by atoms with E-state index in [1.165, 1.54) is 0 Å². The fraction of sp³-hybridized carbons (Fsp3) is 0.826. The molecule has 0 aliphatic heterocycles. The first-order valence-corrected chi connectivity index (χ1v) is 11.0. The van der Waals surface area contributed by atoms with Crippen LogP contribution in [0.3, 0.4) is 0 Å². The second-order valence-corrected chi connectivity index (χ2v) is 10.5. The number of hydrogen-bond acceptors (Lipinski definition) is 5. The van der Waals surface area contributed by atoms with Crippen LogP contribution >= 0.6 is 0 Å². The van der Waals surface area contributed by atoms with Crippen LogP contribution in [-0.2, 0) is 9.63 Å². The molecule has 0 aromatic heterocycles. The van der Waals surface area contributed by atoms with E-state index in [1.807, 2.05) is 6.92 Å². The van der Waals surface area contributed by atoms with Gasteiger partial charge in [-0.1, -0.05) is 25.6 Å². The van der Waals surface area contributed by atoms with Crippen molar-refractivity contribution >= 4 is 11.5 Å². The van der Waals surface area contributed by atoms with Crippen LogP contribution in [0.2, 0.25) is 0 Å². The summed E-state index contributed by atoms with van der Waals surface area (Å²) in [7, 11) is 0. The van der Waals surface area contributed by atoms with Gasteiger partial charge in [-0.2, -0.15) is 0 Å². The number of oxime groups is 1. The Hall–Kier alpha value is -1.20. The highest BCUT2D eigenvalue weighted by atomic mass is 16.6. The molecule has 0 radical (unpaired) electrons. The highest BCUT2D eigenvalue weighted by Gasteiger charge is 2.65. The van der Waals surface area contributed by atoms with Crippen LogP contribution in [-0.4, -0.2) is 34.9 Å². The lowest BCUT2D eigenvalue weighted by molar-refractivity contribution is -0.161. The van der Waals surface area contributed by atoms with Crippen molar-refractivity contribution in [3.05, 3.63) is 12.2 Å². The Kier molecular flexibility index (Phi) is 4.78. The summed E-state index contributed by atoms with van der Waals surface area (Å²) in [6, 6.07) is -0.0580. The van der Waals surface area contributed by atoms with Crippen LogP contribution in [0.25, 0.3) is 0 Å². The van der Waals surface area contributed by atoms with E-state index in [1.54, 1.807) is 0 Å². The Labute approximate surface area is 168 Å². The van der Waals surface area contributed by atoms with Crippen molar-refractivity contribution in [1.82, 2.24) is 0 Å². The summed E-state index contributed by atoms with van der Waals surface area (Å²) in [5.74, 6) is 1.81. The molecule has 7 atom stereocenters. The lowest BCUT2D eigenvalue weighted by Crippen LogP contribution is -2.63. The molecule has 5 heteroatoms. The molecule has 0 heterocycles. The number of carbonyl (C=O) groups excluding carboxylic acids is 1. The van der Waals surface area contributed by atoms with Crippen molar-refractivity contribution < 1.29 is 14.7 Å². The van der Waals surface area contributed by atoms with Gasteiger partial charge in [-0.25, -0.2) is 0 Å². The monoisotopic (exact) mass is 388 g/mol. The van der Waals surface area contributed by atoms with Gasteiger partial charge >= 0.3 is 0 Å². The lowest BCUT2D eigenvalue weighted by Gasteiger charge is -2.63. The maximum absolute atomic E-state index is 12.6. The normalized spacial score (nSPS) is 48.0. The fourth-order valence-corrected chi connectivity index (χ4v) is 7.13. The van der Waals surface area contributed by atoms with Gasteiger partial charge < -0.3 is 15.7 Å². The maximum Gasteiger partial charge on any atom is 0.139 e. The van der Waals surface area contributed by atoms with Crippen LogP contribution in [0.15, 0.2) is 17.3 Å². The van der Waals surface area contributed by atoms with Gasteiger partial charge in [-0.05, 0) is 68.8 Å². The Morgan fingerprint density at radius 1 is 1.29 bits per heavy atom. The van der Waals surface area contributed by atoms with E-state index in [0.29, 0.717) is 36.6 Å². The summed E-state index contributed by atoms with van der Waals surface area (Å²) in [6.45, 7) is 11.1. The molecule has 5 nitrogen and oxygen atoms in total. The zero-order chi connectivity index (χ0) is 20.3. The SMILES string of the molecule is C=C1C[C@@H]2[C@@H](CC[C@]3(C)C(=O)CC[C@@H]23)[C@@]2(C)CCC(=NOCC(C)N)C[C@]12O. The second-order valence-electron chi connectivity index (χ2n) is 10.5. The van der Waals surface area contributed by atoms with Crippen LogP contribution in [0.4, 0.5) is 0 Å². The fourth-order valence-electron chi connectivity index (χ4n) is 7.13. The zero-order valence-corrected chi connectivity index (χ0v) is 17.7. The molecular formula is C23H36N2O3. The van der Waals surface area contributed by atoms with Gasteiger partial charge in [0, 0.05) is 29.7 Å². The topological polar surface area (TPSA) is 84.9 Å². The average Bonchev–Trinajstić information content (AvgIpc) is 2.93. The van der Waals surface area contributed by atoms with E-state index in [9.17, 15) is 9.90 Å². The van der Waals surface area contributed by atoms with Crippen LogP contribution in [0.1, 0.15) is 72.1 Å². The Bertz CT molecular complexity index is 717.